The highest BCUT2D eigenvalue weighted by Gasteiger charge is 2.44. The number of carboxylic acids is 1. The lowest BCUT2D eigenvalue weighted by atomic mass is 9.86. The highest BCUT2D eigenvalue weighted by molar-refractivity contribution is 5.81. The van der Waals surface area contributed by atoms with E-state index in [1.807, 2.05) is 6.92 Å². The molecule has 0 aliphatic carbocycles. The van der Waals surface area contributed by atoms with Crippen molar-refractivity contribution in [3.63, 3.8) is 0 Å². The zero-order chi connectivity index (χ0) is 13.1. The van der Waals surface area contributed by atoms with Gasteiger partial charge in [-0.3, -0.25) is 0 Å². The maximum atomic E-state index is 11.2. The van der Waals surface area contributed by atoms with Gasteiger partial charge in [-0.2, -0.15) is 0 Å². The summed E-state index contributed by atoms with van der Waals surface area (Å²) in [7, 11) is 1.20. The van der Waals surface area contributed by atoms with Crippen molar-refractivity contribution >= 4 is 12.1 Å². The maximum absolute atomic E-state index is 11.2. The Bertz CT molecular complexity index is 306. The van der Waals surface area contributed by atoms with Gasteiger partial charge in [0, 0.05) is 0 Å². The summed E-state index contributed by atoms with van der Waals surface area (Å²) < 4.78 is 10.1. The molecule has 0 radical (unpaired) electrons. The SMILES string of the molecule is COC(=O)N[C@H](C(=O)O)[C@@]1(C)CCC[C@@H](C)O1. The molecule has 1 aliphatic heterocycles. The van der Waals surface area contributed by atoms with Gasteiger partial charge in [0.25, 0.3) is 0 Å². The van der Waals surface area contributed by atoms with Gasteiger partial charge >= 0.3 is 12.1 Å². The fourth-order valence-corrected chi connectivity index (χ4v) is 2.18. The summed E-state index contributed by atoms with van der Waals surface area (Å²) in [6.45, 7) is 3.60. The molecule has 0 spiro atoms. The Morgan fingerprint density at radius 2 is 2.24 bits per heavy atom. The van der Waals surface area contributed by atoms with Gasteiger partial charge in [-0.1, -0.05) is 0 Å². The third-order valence-corrected chi connectivity index (χ3v) is 3.06. The number of nitrogens with one attached hydrogen (secondary N) is 1. The number of ether oxygens (including phenoxy) is 2. The van der Waals surface area contributed by atoms with Crippen LogP contribution in [0.5, 0.6) is 0 Å². The number of carbonyl (C=O) groups is 2. The van der Waals surface area contributed by atoms with E-state index in [4.69, 9.17) is 4.74 Å². The monoisotopic (exact) mass is 245 g/mol. The second-order valence-electron chi connectivity index (χ2n) is 4.54. The molecular formula is C11H19NO5. The number of hydrogen-bond acceptors (Lipinski definition) is 4. The van der Waals surface area contributed by atoms with Crippen molar-refractivity contribution in [3.8, 4) is 0 Å². The van der Waals surface area contributed by atoms with Gasteiger partial charge < -0.3 is 19.9 Å². The molecule has 0 aromatic carbocycles. The van der Waals surface area contributed by atoms with Crippen LogP contribution in [0.3, 0.4) is 0 Å². The smallest absolute Gasteiger partial charge is 0.407 e. The van der Waals surface area contributed by atoms with Crippen LogP contribution in [0.4, 0.5) is 4.79 Å². The van der Waals surface area contributed by atoms with Crippen molar-refractivity contribution in [2.24, 2.45) is 0 Å². The zero-order valence-electron chi connectivity index (χ0n) is 10.4. The first-order chi connectivity index (χ1) is 7.89. The van der Waals surface area contributed by atoms with E-state index in [1.165, 1.54) is 7.11 Å². The molecule has 1 heterocycles. The van der Waals surface area contributed by atoms with Crippen LogP contribution in [0.25, 0.3) is 0 Å². The number of methoxy groups -OCH3 is 1. The summed E-state index contributed by atoms with van der Waals surface area (Å²) in [5.74, 6) is -1.12. The van der Waals surface area contributed by atoms with Gasteiger partial charge in [-0.05, 0) is 33.1 Å². The molecule has 2 N–H and O–H groups in total. The molecule has 1 fully saturated rings. The van der Waals surface area contributed by atoms with Crippen LogP contribution in [-0.2, 0) is 14.3 Å². The van der Waals surface area contributed by atoms with Gasteiger partial charge in [0.2, 0.25) is 0 Å². The number of carbonyl (C=O) groups excluding carboxylic acids is 1. The first kappa shape index (κ1) is 13.8. The van der Waals surface area contributed by atoms with Crippen molar-refractivity contribution in [1.82, 2.24) is 5.32 Å². The van der Waals surface area contributed by atoms with E-state index in [-0.39, 0.29) is 6.10 Å². The second kappa shape index (κ2) is 5.35. The normalized spacial score (nSPS) is 30.4. The number of carboxylic acid groups (broad SMARTS) is 1. The van der Waals surface area contributed by atoms with Crippen molar-refractivity contribution in [3.05, 3.63) is 0 Å². The second-order valence-corrected chi connectivity index (χ2v) is 4.54. The summed E-state index contributed by atoms with van der Waals surface area (Å²) in [6, 6.07) is -1.10. The highest BCUT2D eigenvalue weighted by Crippen LogP contribution is 2.31. The molecule has 0 aromatic heterocycles. The largest absolute Gasteiger partial charge is 0.480 e. The molecule has 6 heteroatoms. The highest BCUT2D eigenvalue weighted by atomic mass is 16.5. The van der Waals surface area contributed by atoms with Gasteiger partial charge in [0.1, 0.15) is 0 Å². The van der Waals surface area contributed by atoms with E-state index in [9.17, 15) is 14.7 Å². The lowest BCUT2D eigenvalue weighted by Crippen LogP contribution is -2.58. The number of rotatable bonds is 3. The minimum atomic E-state index is -1.12. The Hall–Kier alpha value is -1.30. The number of alkyl carbamates (subject to hydrolysis) is 1. The van der Waals surface area contributed by atoms with Crippen LogP contribution in [0, 0.1) is 0 Å². The molecule has 0 aromatic rings. The van der Waals surface area contributed by atoms with E-state index in [0.717, 1.165) is 12.8 Å². The Labute approximate surface area is 100 Å². The van der Waals surface area contributed by atoms with E-state index >= 15 is 0 Å². The quantitative estimate of drug-likeness (QED) is 0.779. The molecular weight excluding hydrogens is 226 g/mol. The van der Waals surface area contributed by atoms with Crippen LogP contribution < -0.4 is 5.32 Å². The molecule has 3 atom stereocenters. The minimum absolute atomic E-state index is 0.00459. The third-order valence-electron chi connectivity index (χ3n) is 3.06. The van der Waals surface area contributed by atoms with Crippen LogP contribution in [0.2, 0.25) is 0 Å². The fourth-order valence-electron chi connectivity index (χ4n) is 2.18. The molecule has 6 nitrogen and oxygen atoms in total. The number of aliphatic carboxylic acids is 1. The number of amides is 1. The first-order valence-electron chi connectivity index (χ1n) is 5.64. The average Bonchev–Trinajstić information content (AvgIpc) is 2.24. The lowest BCUT2D eigenvalue weighted by molar-refractivity contribution is -0.162. The maximum Gasteiger partial charge on any atom is 0.407 e. The Balaban J connectivity index is 2.81. The third kappa shape index (κ3) is 3.33. The summed E-state index contributed by atoms with van der Waals surface area (Å²) >= 11 is 0. The molecule has 0 unspecified atom stereocenters. The van der Waals surface area contributed by atoms with Gasteiger partial charge in [0.05, 0.1) is 18.8 Å². The van der Waals surface area contributed by atoms with Gasteiger partial charge in [-0.15, -0.1) is 0 Å². The minimum Gasteiger partial charge on any atom is -0.480 e. The van der Waals surface area contributed by atoms with Crippen LogP contribution in [0.15, 0.2) is 0 Å². The summed E-state index contributed by atoms with van der Waals surface area (Å²) in [6.07, 6.45) is 1.61. The van der Waals surface area contributed by atoms with Crippen molar-refractivity contribution in [1.29, 1.82) is 0 Å². The van der Waals surface area contributed by atoms with Crippen molar-refractivity contribution in [2.45, 2.75) is 50.9 Å². The van der Waals surface area contributed by atoms with E-state index in [2.05, 4.69) is 10.1 Å². The summed E-state index contributed by atoms with van der Waals surface area (Å²) in [4.78, 5) is 22.4. The molecule has 1 rings (SSSR count). The molecule has 98 valence electrons. The fraction of sp³-hybridized carbons (Fsp3) is 0.818. The Morgan fingerprint density at radius 3 is 2.71 bits per heavy atom. The Kier molecular flexibility index (Phi) is 4.34. The predicted molar refractivity (Wildman–Crippen MR) is 59.8 cm³/mol. The first-order valence-corrected chi connectivity index (χ1v) is 5.64. The summed E-state index contributed by atoms with van der Waals surface area (Å²) in [5, 5.41) is 11.5. The van der Waals surface area contributed by atoms with Crippen LogP contribution >= 0.6 is 0 Å². The zero-order valence-corrected chi connectivity index (χ0v) is 10.4. The van der Waals surface area contributed by atoms with Crippen LogP contribution in [0.1, 0.15) is 33.1 Å². The Morgan fingerprint density at radius 1 is 1.59 bits per heavy atom. The van der Waals surface area contributed by atoms with Crippen LogP contribution in [-0.4, -0.2) is 42.0 Å². The van der Waals surface area contributed by atoms with E-state index in [0.29, 0.717) is 6.42 Å². The molecule has 1 aliphatic rings. The molecule has 1 saturated heterocycles. The van der Waals surface area contributed by atoms with Gasteiger partial charge in [0.15, 0.2) is 6.04 Å². The average molecular weight is 245 g/mol. The summed E-state index contributed by atoms with van der Waals surface area (Å²) in [5.41, 5.74) is -0.891. The molecule has 1 amide bonds. The number of hydrogen-bond donors (Lipinski definition) is 2. The molecule has 17 heavy (non-hydrogen) atoms. The van der Waals surface area contributed by atoms with Crippen molar-refractivity contribution in [2.75, 3.05) is 7.11 Å². The molecule has 0 bridgehead atoms. The van der Waals surface area contributed by atoms with Gasteiger partial charge in [-0.25, -0.2) is 9.59 Å². The van der Waals surface area contributed by atoms with Crippen molar-refractivity contribution < 1.29 is 24.2 Å². The standard InChI is InChI=1S/C11H19NO5/c1-7-5-4-6-11(2,17-7)8(9(13)14)12-10(15)16-3/h7-8H,4-6H2,1-3H3,(H,12,15)(H,13,14)/t7-,8-,11-/m1/s1. The van der Waals surface area contributed by atoms with E-state index in [1.54, 1.807) is 6.92 Å². The lowest BCUT2D eigenvalue weighted by Gasteiger charge is -2.41. The topological polar surface area (TPSA) is 84.9 Å². The predicted octanol–water partition coefficient (Wildman–Crippen LogP) is 1.14. The van der Waals surface area contributed by atoms with E-state index < -0.39 is 23.7 Å². The molecule has 0 saturated carbocycles.